The Kier molecular flexibility index (Phi) is 1.81. The summed E-state index contributed by atoms with van der Waals surface area (Å²) in [4.78, 5) is 2.13. The number of aliphatic hydroxyl groups is 1. The Morgan fingerprint density at radius 2 is 1.87 bits per heavy atom. The van der Waals surface area contributed by atoms with Crippen molar-refractivity contribution in [3.63, 3.8) is 0 Å². The predicted molar refractivity (Wildman–Crippen MR) is 51.8 cm³/mol. The molecule has 3 aliphatic rings. The molecule has 2 nitrogen and oxygen atoms in total. The van der Waals surface area contributed by atoms with Crippen molar-refractivity contribution in [2.45, 2.75) is 31.6 Å². The molecule has 86 valence electrons. The molecule has 3 fully saturated rings. The molecule has 0 aromatic carbocycles. The lowest BCUT2D eigenvalue weighted by Gasteiger charge is -2.21. The average molecular weight is 217 g/mol. The predicted octanol–water partition coefficient (Wildman–Crippen LogP) is 1.49. The van der Waals surface area contributed by atoms with Crippen molar-refractivity contribution in [2.24, 2.45) is 10.8 Å². The number of halogens is 2. The summed E-state index contributed by atoms with van der Waals surface area (Å²) < 4.78 is 26.2. The van der Waals surface area contributed by atoms with Crippen LogP contribution in [-0.4, -0.2) is 42.2 Å². The Bertz CT molecular complexity index is 290. The molecule has 15 heavy (non-hydrogen) atoms. The third-order valence-corrected chi connectivity index (χ3v) is 4.50. The number of rotatable bonds is 3. The molecule has 0 bridgehead atoms. The van der Waals surface area contributed by atoms with Gasteiger partial charge in [-0.15, -0.1) is 0 Å². The lowest BCUT2D eigenvalue weighted by Crippen LogP contribution is -2.31. The quantitative estimate of drug-likeness (QED) is 0.774. The minimum atomic E-state index is -2.41. The molecule has 0 aromatic rings. The Hall–Kier alpha value is -0.220. The van der Waals surface area contributed by atoms with Crippen molar-refractivity contribution >= 4 is 0 Å². The molecule has 0 radical (unpaired) electrons. The van der Waals surface area contributed by atoms with Crippen molar-refractivity contribution in [1.82, 2.24) is 4.90 Å². The fraction of sp³-hybridized carbons (Fsp3) is 1.00. The van der Waals surface area contributed by atoms with Crippen molar-refractivity contribution < 1.29 is 13.9 Å². The summed E-state index contributed by atoms with van der Waals surface area (Å²) in [5.74, 6) is -2.41. The number of hydrogen-bond donors (Lipinski definition) is 1. The second-order valence-electron chi connectivity index (χ2n) is 5.78. The van der Waals surface area contributed by atoms with Gasteiger partial charge in [0.1, 0.15) is 0 Å². The summed E-state index contributed by atoms with van der Waals surface area (Å²) >= 11 is 0. The Balaban J connectivity index is 1.59. The molecule has 1 unspecified atom stereocenters. The lowest BCUT2D eigenvalue weighted by molar-refractivity contribution is 0.0642. The van der Waals surface area contributed by atoms with E-state index in [-0.39, 0.29) is 18.4 Å². The third-order valence-electron chi connectivity index (χ3n) is 4.50. The molecule has 1 spiro atoms. The molecule has 4 heteroatoms. The Labute approximate surface area is 88.3 Å². The van der Waals surface area contributed by atoms with Crippen LogP contribution >= 0.6 is 0 Å². The maximum Gasteiger partial charge on any atom is 0.255 e. The first kappa shape index (κ1) is 9.97. The van der Waals surface area contributed by atoms with E-state index in [2.05, 4.69) is 4.90 Å². The molecule has 2 saturated carbocycles. The van der Waals surface area contributed by atoms with Crippen LogP contribution in [0.1, 0.15) is 25.7 Å². The highest BCUT2D eigenvalue weighted by Crippen LogP contribution is 2.65. The van der Waals surface area contributed by atoms with Crippen LogP contribution in [0.5, 0.6) is 0 Å². The van der Waals surface area contributed by atoms with Crippen molar-refractivity contribution in [2.75, 3.05) is 26.2 Å². The van der Waals surface area contributed by atoms with Crippen LogP contribution in [-0.2, 0) is 0 Å². The highest BCUT2D eigenvalue weighted by Gasteiger charge is 2.72. The second kappa shape index (κ2) is 2.72. The largest absolute Gasteiger partial charge is 0.396 e. The van der Waals surface area contributed by atoms with E-state index in [1.165, 1.54) is 0 Å². The third kappa shape index (κ3) is 1.41. The summed E-state index contributed by atoms with van der Waals surface area (Å²) in [5, 5.41) is 9.19. The first-order valence-corrected chi connectivity index (χ1v) is 5.72. The van der Waals surface area contributed by atoms with Gasteiger partial charge in [0.2, 0.25) is 0 Å². The van der Waals surface area contributed by atoms with E-state index < -0.39 is 11.3 Å². The molecular weight excluding hydrogens is 200 g/mol. The Morgan fingerprint density at radius 3 is 2.27 bits per heavy atom. The first-order chi connectivity index (χ1) is 7.01. The molecule has 1 saturated heterocycles. The van der Waals surface area contributed by atoms with E-state index >= 15 is 0 Å². The average Bonchev–Trinajstić information content (AvgIpc) is 2.97. The number of nitrogens with zero attached hydrogens (tertiary/aromatic N) is 1. The second-order valence-corrected chi connectivity index (χ2v) is 5.78. The molecule has 3 rings (SSSR count). The van der Waals surface area contributed by atoms with Crippen LogP contribution in [0.25, 0.3) is 0 Å². The Morgan fingerprint density at radius 1 is 1.20 bits per heavy atom. The van der Waals surface area contributed by atoms with Gasteiger partial charge in [-0.3, -0.25) is 0 Å². The van der Waals surface area contributed by atoms with Crippen LogP contribution in [0.3, 0.4) is 0 Å². The van der Waals surface area contributed by atoms with Crippen molar-refractivity contribution in [3.8, 4) is 0 Å². The summed E-state index contributed by atoms with van der Waals surface area (Å²) in [6, 6.07) is 0. The maximum absolute atomic E-state index is 13.1. The molecule has 1 N–H and O–H groups in total. The molecule has 0 amide bonds. The fourth-order valence-electron chi connectivity index (χ4n) is 2.93. The molecule has 0 aromatic heterocycles. The van der Waals surface area contributed by atoms with Gasteiger partial charge in [-0.2, -0.15) is 0 Å². The van der Waals surface area contributed by atoms with Crippen LogP contribution in [0.2, 0.25) is 0 Å². The van der Waals surface area contributed by atoms with Gasteiger partial charge in [0.05, 0.1) is 5.41 Å². The molecule has 1 atom stereocenters. The zero-order valence-electron chi connectivity index (χ0n) is 8.81. The topological polar surface area (TPSA) is 23.5 Å². The van der Waals surface area contributed by atoms with E-state index in [0.717, 1.165) is 25.9 Å². The van der Waals surface area contributed by atoms with Crippen LogP contribution in [0.4, 0.5) is 8.78 Å². The van der Waals surface area contributed by atoms with Gasteiger partial charge >= 0.3 is 0 Å². The van der Waals surface area contributed by atoms with Crippen LogP contribution in [0.15, 0.2) is 0 Å². The SMILES string of the molecule is OCC1(CN2CCC3(C2)CC3(F)F)CC1. The number of likely N-dealkylation sites (tertiary alicyclic amines) is 1. The van der Waals surface area contributed by atoms with Gasteiger partial charge in [0.15, 0.2) is 0 Å². The maximum atomic E-state index is 13.1. The van der Waals surface area contributed by atoms with Gasteiger partial charge in [0.25, 0.3) is 5.92 Å². The van der Waals surface area contributed by atoms with Gasteiger partial charge in [0, 0.05) is 31.5 Å². The van der Waals surface area contributed by atoms with E-state index in [9.17, 15) is 13.9 Å². The summed E-state index contributed by atoms with van der Waals surface area (Å²) in [6.07, 6.45) is 2.84. The molecule has 1 heterocycles. The van der Waals surface area contributed by atoms with E-state index in [1.807, 2.05) is 0 Å². The van der Waals surface area contributed by atoms with E-state index in [1.54, 1.807) is 0 Å². The summed E-state index contributed by atoms with van der Waals surface area (Å²) in [7, 11) is 0. The number of alkyl halides is 2. The van der Waals surface area contributed by atoms with Crippen LogP contribution < -0.4 is 0 Å². The number of hydrogen-bond acceptors (Lipinski definition) is 2. The van der Waals surface area contributed by atoms with Gasteiger partial charge in [-0.25, -0.2) is 8.78 Å². The first-order valence-electron chi connectivity index (χ1n) is 5.72. The lowest BCUT2D eigenvalue weighted by atomic mass is 10.1. The zero-order valence-corrected chi connectivity index (χ0v) is 8.81. The zero-order chi connectivity index (χ0) is 10.7. The normalized spacial score (nSPS) is 41.0. The van der Waals surface area contributed by atoms with Gasteiger partial charge < -0.3 is 10.0 Å². The fourth-order valence-corrected chi connectivity index (χ4v) is 2.93. The molecular formula is C11H17F2NO. The molecule has 1 aliphatic heterocycles. The minimum absolute atomic E-state index is 0.0652. The van der Waals surface area contributed by atoms with Crippen molar-refractivity contribution in [1.29, 1.82) is 0 Å². The van der Waals surface area contributed by atoms with Crippen molar-refractivity contribution in [3.05, 3.63) is 0 Å². The van der Waals surface area contributed by atoms with Crippen LogP contribution in [0, 0.1) is 10.8 Å². The van der Waals surface area contributed by atoms with E-state index in [4.69, 9.17) is 0 Å². The highest BCUT2D eigenvalue weighted by molar-refractivity contribution is 5.15. The minimum Gasteiger partial charge on any atom is -0.396 e. The monoisotopic (exact) mass is 217 g/mol. The summed E-state index contributed by atoms with van der Waals surface area (Å²) in [6.45, 7) is 2.37. The van der Waals surface area contributed by atoms with E-state index in [0.29, 0.717) is 13.0 Å². The number of aliphatic hydroxyl groups excluding tert-OH is 1. The van der Waals surface area contributed by atoms with Gasteiger partial charge in [-0.05, 0) is 25.8 Å². The smallest absolute Gasteiger partial charge is 0.255 e. The highest BCUT2D eigenvalue weighted by atomic mass is 19.3. The standard InChI is InChI=1S/C11H17F2NO/c12-11(13)5-10(11)3-4-14(7-10)6-9(8-15)1-2-9/h15H,1-8H2. The molecule has 2 aliphatic carbocycles. The van der Waals surface area contributed by atoms with Gasteiger partial charge in [-0.1, -0.05) is 0 Å². The summed E-state index contributed by atoms with van der Waals surface area (Å²) in [5.41, 5.74) is -0.617.